The van der Waals surface area contributed by atoms with Crippen LogP contribution in [0.1, 0.15) is 13.8 Å². The maximum Gasteiger partial charge on any atom is 0.237 e. The number of nitrogens with zero attached hydrogens (tertiary/aromatic N) is 1. The van der Waals surface area contributed by atoms with Crippen molar-refractivity contribution in [1.82, 2.24) is 0 Å². The molecule has 0 radical (unpaired) electrons. The Morgan fingerprint density at radius 2 is 2.20 bits per heavy atom. The van der Waals surface area contributed by atoms with Crippen LogP contribution in [-0.4, -0.2) is 17.7 Å². The molecule has 0 fully saturated rings. The smallest absolute Gasteiger partial charge is 0.237 e. The average Bonchev–Trinajstić information content (AvgIpc) is 2.16. The first-order valence-corrected chi connectivity index (χ1v) is 6.62. The van der Waals surface area contributed by atoms with E-state index in [1.54, 1.807) is 11.8 Å². The van der Waals surface area contributed by atoms with Crippen molar-refractivity contribution in [3.05, 3.63) is 22.7 Å². The van der Waals surface area contributed by atoms with E-state index in [0.717, 1.165) is 10.2 Å². The molecule has 0 aromatic heterocycles. The molecule has 1 aliphatic rings. The van der Waals surface area contributed by atoms with Crippen molar-refractivity contribution in [2.75, 3.05) is 10.7 Å². The number of carbonyl (C=O) groups excluding carboxylic acids is 1. The minimum absolute atomic E-state index is 0.195. The molecule has 2 rings (SSSR count). The molecule has 1 aromatic rings. The number of amides is 1. The summed E-state index contributed by atoms with van der Waals surface area (Å²) in [5.74, 6) is 0.743. The summed E-state index contributed by atoms with van der Waals surface area (Å²) >= 11 is 5.05. The second kappa shape index (κ2) is 4.18. The molecule has 1 amide bonds. The van der Waals surface area contributed by atoms with E-state index in [-0.39, 0.29) is 11.9 Å². The number of hydrogen-bond donors (Lipinski definition) is 0. The number of benzene rings is 1. The monoisotopic (exact) mass is 285 g/mol. The molecule has 1 aromatic carbocycles. The third-order valence-electron chi connectivity index (χ3n) is 2.32. The minimum atomic E-state index is 0.195. The number of carbonyl (C=O) groups is 1. The second-order valence-electron chi connectivity index (χ2n) is 3.76. The number of thioether (sulfide) groups is 1. The van der Waals surface area contributed by atoms with Gasteiger partial charge in [0.05, 0.1) is 11.4 Å². The van der Waals surface area contributed by atoms with Gasteiger partial charge in [0.1, 0.15) is 0 Å². The zero-order valence-electron chi connectivity index (χ0n) is 8.66. The fourth-order valence-electron chi connectivity index (χ4n) is 1.71. The van der Waals surface area contributed by atoms with Crippen molar-refractivity contribution < 1.29 is 4.79 Å². The number of fused-ring (bicyclic) bond motifs is 1. The first kappa shape index (κ1) is 11.0. The van der Waals surface area contributed by atoms with Crippen molar-refractivity contribution in [3.8, 4) is 0 Å². The molecule has 0 saturated carbocycles. The fourth-order valence-corrected chi connectivity index (χ4v) is 2.95. The highest BCUT2D eigenvalue weighted by Crippen LogP contribution is 2.37. The lowest BCUT2D eigenvalue weighted by Gasteiger charge is -2.32. The molecule has 0 unspecified atom stereocenters. The van der Waals surface area contributed by atoms with E-state index >= 15 is 0 Å². The summed E-state index contributed by atoms with van der Waals surface area (Å²) in [4.78, 5) is 14.9. The van der Waals surface area contributed by atoms with Gasteiger partial charge in [-0.05, 0) is 32.0 Å². The number of rotatable bonds is 1. The summed E-state index contributed by atoms with van der Waals surface area (Å²) in [7, 11) is 0. The molecule has 1 heterocycles. The van der Waals surface area contributed by atoms with Gasteiger partial charge < -0.3 is 4.90 Å². The Hall–Kier alpha value is -0.480. The molecule has 0 saturated heterocycles. The van der Waals surface area contributed by atoms with Crippen LogP contribution in [0.15, 0.2) is 27.6 Å². The quantitative estimate of drug-likeness (QED) is 0.789. The highest BCUT2D eigenvalue weighted by molar-refractivity contribution is 9.10. The van der Waals surface area contributed by atoms with Crippen LogP contribution in [0, 0.1) is 0 Å². The van der Waals surface area contributed by atoms with Crippen molar-refractivity contribution >= 4 is 39.3 Å². The zero-order chi connectivity index (χ0) is 11.0. The van der Waals surface area contributed by atoms with E-state index in [4.69, 9.17) is 0 Å². The van der Waals surface area contributed by atoms with E-state index < -0.39 is 0 Å². The van der Waals surface area contributed by atoms with Gasteiger partial charge in [-0.1, -0.05) is 15.9 Å². The van der Waals surface area contributed by atoms with Gasteiger partial charge in [0.15, 0.2) is 0 Å². The Labute approximate surface area is 102 Å². The minimum Gasteiger partial charge on any atom is -0.308 e. The Kier molecular flexibility index (Phi) is 3.07. The molecule has 0 N–H and O–H groups in total. The Morgan fingerprint density at radius 3 is 2.87 bits per heavy atom. The van der Waals surface area contributed by atoms with Crippen LogP contribution in [0.25, 0.3) is 0 Å². The predicted molar refractivity (Wildman–Crippen MR) is 67.5 cm³/mol. The largest absolute Gasteiger partial charge is 0.308 e. The molecule has 4 heteroatoms. The Balaban J connectivity index is 2.50. The van der Waals surface area contributed by atoms with Gasteiger partial charge in [0.2, 0.25) is 5.91 Å². The third kappa shape index (κ3) is 2.06. The highest BCUT2D eigenvalue weighted by Gasteiger charge is 2.26. The summed E-state index contributed by atoms with van der Waals surface area (Å²) in [5.41, 5.74) is 1.03. The molecule has 80 valence electrons. The Bertz CT molecular complexity index is 406. The summed E-state index contributed by atoms with van der Waals surface area (Å²) in [6, 6.07) is 6.30. The first-order chi connectivity index (χ1) is 7.09. The lowest BCUT2D eigenvalue weighted by atomic mass is 10.2. The van der Waals surface area contributed by atoms with Gasteiger partial charge in [0.25, 0.3) is 0 Å². The molecule has 0 spiro atoms. The SMILES string of the molecule is CC(C)N1C(=O)CSc2ccc(Br)cc21. The summed E-state index contributed by atoms with van der Waals surface area (Å²) in [5, 5.41) is 0. The van der Waals surface area contributed by atoms with Crippen LogP contribution < -0.4 is 4.90 Å². The van der Waals surface area contributed by atoms with Crippen molar-refractivity contribution in [2.24, 2.45) is 0 Å². The molecule has 0 atom stereocenters. The predicted octanol–water partition coefficient (Wildman–Crippen LogP) is 3.30. The van der Waals surface area contributed by atoms with Gasteiger partial charge in [-0.2, -0.15) is 0 Å². The molecular formula is C11H12BrNOS. The van der Waals surface area contributed by atoms with Crippen LogP contribution in [0.3, 0.4) is 0 Å². The average molecular weight is 286 g/mol. The van der Waals surface area contributed by atoms with Gasteiger partial charge in [-0.15, -0.1) is 11.8 Å². The molecule has 0 aliphatic carbocycles. The fraction of sp³-hybridized carbons (Fsp3) is 0.364. The number of anilines is 1. The van der Waals surface area contributed by atoms with Crippen molar-refractivity contribution in [1.29, 1.82) is 0 Å². The normalized spacial score (nSPS) is 15.7. The Morgan fingerprint density at radius 1 is 1.47 bits per heavy atom. The van der Waals surface area contributed by atoms with E-state index in [1.165, 1.54) is 4.90 Å². The topological polar surface area (TPSA) is 20.3 Å². The van der Waals surface area contributed by atoms with Crippen LogP contribution in [0.5, 0.6) is 0 Å². The van der Waals surface area contributed by atoms with Crippen molar-refractivity contribution in [2.45, 2.75) is 24.8 Å². The van der Waals surface area contributed by atoms with Crippen LogP contribution in [0.4, 0.5) is 5.69 Å². The van der Waals surface area contributed by atoms with Crippen molar-refractivity contribution in [3.63, 3.8) is 0 Å². The summed E-state index contributed by atoms with van der Waals surface area (Å²) in [6.45, 7) is 4.08. The van der Waals surface area contributed by atoms with Gasteiger partial charge >= 0.3 is 0 Å². The molecule has 15 heavy (non-hydrogen) atoms. The molecule has 2 nitrogen and oxygen atoms in total. The second-order valence-corrected chi connectivity index (χ2v) is 5.69. The van der Waals surface area contributed by atoms with Gasteiger partial charge in [-0.3, -0.25) is 4.79 Å². The maximum absolute atomic E-state index is 11.8. The van der Waals surface area contributed by atoms with E-state index in [9.17, 15) is 4.79 Å². The zero-order valence-corrected chi connectivity index (χ0v) is 11.1. The molecule has 0 bridgehead atoms. The van der Waals surface area contributed by atoms with E-state index in [0.29, 0.717) is 5.75 Å². The lowest BCUT2D eigenvalue weighted by Crippen LogP contribution is -2.40. The van der Waals surface area contributed by atoms with Gasteiger partial charge in [-0.25, -0.2) is 0 Å². The van der Waals surface area contributed by atoms with E-state index in [2.05, 4.69) is 22.0 Å². The van der Waals surface area contributed by atoms with E-state index in [1.807, 2.05) is 30.9 Å². The third-order valence-corrected chi connectivity index (χ3v) is 3.86. The maximum atomic E-state index is 11.8. The van der Waals surface area contributed by atoms with Crippen LogP contribution in [-0.2, 0) is 4.79 Å². The van der Waals surface area contributed by atoms with Crippen LogP contribution >= 0.6 is 27.7 Å². The lowest BCUT2D eigenvalue weighted by molar-refractivity contribution is -0.116. The van der Waals surface area contributed by atoms with Gasteiger partial charge in [0, 0.05) is 15.4 Å². The number of halogens is 1. The standard InChI is InChI=1S/C11H12BrNOS/c1-7(2)13-9-5-8(12)3-4-10(9)15-6-11(13)14/h3-5,7H,6H2,1-2H3. The summed E-state index contributed by atoms with van der Waals surface area (Å²) in [6.07, 6.45) is 0. The first-order valence-electron chi connectivity index (χ1n) is 4.84. The number of hydrogen-bond acceptors (Lipinski definition) is 2. The van der Waals surface area contributed by atoms with Crippen LogP contribution in [0.2, 0.25) is 0 Å². The molecule has 1 aliphatic heterocycles. The summed E-state index contributed by atoms with van der Waals surface area (Å²) < 4.78 is 1.02. The highest BCUT2D eigenvalue weighted by atomic mass is 79.9. The molecular weight excluding hydrogens is 274 g/mol.